The Morgan fingerprint density at radius 1 is 1.27 bits per heavy atom. The standard InChI is InChI=1S/C13H10F3N3O3/c1-18-7-10(19(21)22)6-11(18)12(20)17-9-4-2-8(3-5-9)13(14,15)16/h2-7H,1H3,(H,17,20). The van der Waals surface area contributed by atoms with Gasteiger partial charge in [0.05, 0.1) is 16.7 Å². The van der Waals surface area contributed by atoms with Crippen molar-refractivity contribution in [1.29, 1.82) is 0 Å². The van der Waals surface area contributed by atoms with Gasteiger partial charge in [0.25, 0.3) is 11.6 Å². The second-order valence-corrected chi connectivity index (χ2v) is 4.48. The first-order valence-electron chi connectivity index (χ1n) is 5.98. The van der Waals surface area contributed by atoms with Gasteiger partial charge < -0.3 is 9.88 Å². The number of hydrogen-bond donors (Lipinski definition) is 1. The first kappa shape index (κ1) is 15.5. The van der Waals surface area contributed by atoms with Gasteiger partial charge in [-0.05, 0) is 24.3 Å². The van der Waals surface area contributed by atoms with E-state index in [2.05, 4.69) is 5.32 Å². The van der Waals surface area contributed by atoms with E-state index >= 15 is 0 Å². The second kappa shape index (κ2) is 5.51. The molecule has 116 valence electrons. The van der Waals surface area contributed by atoms with Crippen molar-refractivity contribution in [1.82, 2.24) is 4.57 Å². The minimum absolute atomic E-state index is 0.0200. The molecule has 2 rings (SSSR count). The zero-order valence-electron chi connectivity index (χ0n) is 11.2. The summed E-state index contributed by atoms with van der Waals surface area (Å²) in [4.78, 5) is 22.0. The van der Waals surface area contributed by atoms with Crippen LogP contribution in [-0.2, 0) is 13.2 Å². The third-order valence-corrected chi connectivity index (χ3v) is 2.90. The minimum Gasteiger partial charge on any atom is -0.340 e. The van der Waals surface area contributed by atoms with E-state index in [9.17, 15) is 28.1 Å². The number of carbonyl (C=O) groups excluding carboxylic acids is 1. The van der Waals surface area contributed by atoms with Crippen LogP contribution in [0.3, 0.4) is 0 Å². The van der Waals surface area contributed by atoms with Gasteiger partial charge in [-0.3, -0.25) is 14.9 Å². The molecule has 0 saturated heterocycles. The molecule has 1 aromatic carbocycles. The zero-order chi connectivity index (χ0) is 16.5. The molecular weight excluding hydrogens is 303 g/mol. The molecule has 0 aliphatic rings. The lowest BCUT2D eigenvalue weighted by Gasteiger charge is -2.09. The van der Waals surface area contributed by atoms with Crippen molar-refractivity contribution in [2.24, 2.45) is 7.05 Å². The molecule has 0 radical (unpaired) electrons. The largest absolute Gasteiger partial charge is 0.416 e. The van der Waals surface area contributed by atoms with E-state index < -0.39 is 22.6 Å². The molecule has 0 saturated carbocycles. The third-order valence-electron chi connectivity index (χ3n) is 2.90. The van der Waals surface area contributed by atoms with E-state index in [1.54, 1.807) is 0 Å². The van der Waals surface area contributed by atoms with Gasteiger partial charge in [-0.1, -0.05) is 0 Å². The summed E-state index contributed by atoms with van der Waals surface area (Å²) in [5, 5.41) is 13.0. The monoisotopic (exact) mass is 313 g/mol. The summed E-state index contributed by atoms with van der Waals surface area (Å²) in [7, 11) is 1.45. The summed E-state index contributed by atoms with van der Waals surface area (Å²) < 4.78 is 38.5. The number of benzene rings is 1. The van der Waals surface area contributed by atoms with Gasteiger partial charge >= 0.3 is 6.18 Å². The fourth-order valence-corrected chi connectivity index (χ4v) is 1.81. The molecule has 1 heterocycles. The first-order chi connectivity index (χ1) is 10.2. The van der Waals surface area contributed by atoms with Crippen LogP contribution in [0.4, 0.5) is 24.5 Å². The van der Waals surface area contributed by atoms with Crippen molar-refractivity contribution in [2.45, 2.75) is 6.18 Å². The average molecular weight is 313 g/mol. The van der Waals surface area contributed by atoms with Gasteiger partial charge in [0.2, 0.25) is 0 Å². The number of halogens is 3. The molecule has 0 bridgehead atoms. The highest BCUT2D eigenvalue weighted by atomic mass is 19.4. The van der Waals surface area contributed by atoms with Crippen LogP contribution in [-0.4, -0.2) is 15.4 Å². The Hall–Kier alpha value is -2.84. The Morgan fingerprint density at radius 3 is 2.32 bits per heavy atom. The van der Waals surface area contributed by atoms with Crippen LogP contribution in [0.5, 0.6) is 0 Å². The molecule has 9 heteroatoms. The topological polar surface area (TPSA) is 77.2 Å². The average Bonchev–Trinajstić information content (AvgIpc) is 2.81. The molecule has 1 aromatic heterocycles. The molecule has 0 atom stereocenters. The van der Waals surface area contributed by atoms with Crippen molar-refractivity contribution >= 4 is 17.3 Å². The molecule has 0 spiro atoms. The second-order valence-electron chi connectivity index (χ2n) is 4.48. The number of rotatable bonds is 3. The van der Waals surface area contributed by atoms with Crippen molar-refractivity contribution in [3.8, 4) is 0 Å². The molecule has 0 fully saturated rings. The summed E-state index contributed by atoms with van der Waals surface area (Å²) in [5.41, 5.74) is -0.909. The van der Waals surface area contributed by atoms with Crippen LogP contribution in [0.1, 0.15) is 16.1 Å². The molecule has 0 unspecified atom stereocenters. The number of amides is 1. The maximum atomic E-state index is 12.4. The normalized spacial score (nSPS) is 11.3. The van der Waals surface area contributed by atoms with Crippen molar-refractivity contribution in [3.05, 3.63) is 57.9 Å². The predicted molar refractivity (Wildman–Crippen MR) is 71.5 cm³/mol. The Morgan fingerprint density at radius 2 is 1.86 bits per heavy atom. The summed E-state index contributed by atoms with van der Waals surface area (Å²) in [6.45, 7) is 0. The minimum atomic E-state index is -4.46. The highest BCUT2D eigenvalue weighted by molar-refractivity contribution is 6.03. The number of aryl methyl sites for hydroxylation is 1. The molecule has 0 aliphatic carbocycles. The summed E-state index contributed by atoms with van der Waals surface area (Å²) >= 11 is 0. The van der Waals surface area contributed by atoms with Crippen LogP contribution in [0.25, 0.3) is 0 Å². The SMILES string of the molecule is Cn1cc([N+](=O)[O-])cc1C(=O)Nc1ccc(C(F)(F)F)cc1. The lowest BCUT2D eigenvalue weighted by molar-refractivity contribution is -0.384. The van der Waals surface area contributed by atoms with E-state index in [1.165, 1.54) is 17.8 Å². The molecular formula is C13H10F3N3O3. The van der Waals surface area contributed by atoms with E-state index in [4.69, 9.17) is 0 Å². The van der Waals surface area contributed by atoms with Gasteiger partial charge in [0.15, 0.2) is 0 Å². The Balaban J connectivity index is 2.17. The van der Waals surface area contributed by atoms with E-state index in [-0.39, 0.29) is 17.1 Å². The van der Waals surface area contributed by atoms with E-state index in [1.807, 2.05) is 0 Å². The molecule has 22 heavy (non-hydrogen) atoms. The predicted octanol–water partition coefficient (Wildman–Crippen LogP) is 3.20. The quantitative estimate of drug-likeness (QED) is 0.698. The van der Waals surface area contributed by atoms with Crippen LogP contribution in [0.2, 0.25) is 0 Å². The van der Waals surface area contributed by atoms with Crippen molar-refractivity contribution < 1.29 is 22.9 Å². The Bertz CT molecular complexity index is 720. The van der Waals surface area contributed by atoms with Crippen LogP contribution < -0.4 is 5.32 Å². The number of anilines is 1. The Kier molecular flexibility index (Phi) is 3.89. The lowest BCUT2D eigenvalue weighted by atomic mass is 10.2. The summed E-state index contributed by atoms with van der Waals surface area (Å²) in [5.74, 6) is -0.657. The molecule has 6 nitrogen and oxygen atoms in total. The lowest BCUT2D eigenvalue weighted by Crippen LogP contribution is -2.15. The smallest absolute Gasteiger partial charge is 0.340 e. The third kappa shape index (κ3) is 3.25. The van der Waals surface area contributed by atoms with Gasteiger partial charge in [0, 0.05) is 18.8 Å². The van der Waals surface area contributed by atoms with Crippen LogP contribution in [0.15, 0.2) is 36.5 Å². The van der Waals surface area contributed by atoms with Gasteiger partial charge in [0.1, 0.15) is 5.69 Å². The number of hydrogen-bond acceptors (Lipinski definition) is 3. The molecule has 2 aromatic rings. The summed E-state index contributed by atoms with van der Waals surface area (Å²) in [6, 6.07) is 4.97. The molecule has 1 amide bonds. The Labute approximate surface area is 122 Å². The maximum Gasteiger partial charge on any atom is 0.416 e. The van der Waals surface area contributed by atoms with Crippen LogP contribution in [0, 0.1) is 10.1 Å². The van der Waals surface area contributed by atoms with E-state index in [0.29, 0.717) is 0 Å². The number of alkyl halides is 3. The fraction of sp³-hybridized carbons (Fsp3) is 0.154. The molecule has 1 N–H and O–H groups in total. The number of nitrogens with one attached hydrogen (secondary N) is 1. The van der Waals surface area contributed by atoms with Gasteiger partial charge in [-0.25, -0.2) is 0 Å². The fourth-order valence-electron chi connectivity index (χ4n) is 1.81. The summed E-state index contributed by atoms with van der Waals surface area (Å²) in [6.07, 6.45) is -3.29. The van der Waals surface area contributed by atoms with Crippen LogP contribution >= 0.6 is 0 Å². The highest BCUT2D eigenvalue weighted by Gasteiger charge is 2.30. The maximum absolute atomic E-state index is 12.4. The highest BCUT2D eigenvalue weighted by Crippen LogP contribution is 2.29. The number of aromatic nitrogens is 1. The van der Waals surface area contributed by atoms with E-state index in [0.717, 1.165) is 30.3 Å². The molecule has 0 aliphatic heterocycles. The number of nitro groups is 1. The van der Waals surface area contributed by atoms with Gasteiger partial charge in [-0.15, -0.1) is 0 Å². The van der Waals surface area contributed by atoms with Crippen molar-refractivity contribution in [2.75, 3.05) is 5.32 Å². The first-order valence-corrected chi connectivity index (χ1v) is 5.98. The van der Waals surface area contributed by atoms with Crippen molar-refractivity contribution in [3.63, 3.8) is 0 Å². The van der Waals surface area contributed by atoms with Gasteiger partial charge in [-0.2, -0.15) is 13.2 Å². The zero-order valence-corrected chi connectivity index (χ0v) is 11.2. The number of carbonyl (C=O) groups is 1. The number of nitrogens with zero attached hydrogens (tertiary/aromatic N) is 2.